The molecule has 0 heterocycles. The second kappa shape index (κ2) is 8.77. The van der Waals surface area contributed by atoms with Gasteiger partial charge in [0.2, 0.25) is 0 Å². The molecule has 0 saturated heterocycles. The van der Waals surface area contributed by atoms with Crippen molar-refractivity contribution in [3.8, 4) is 0 Å². The lowest BCUT2D eigenvalue weighted by atomic mass is 10.1. The largest absolute Gasteiger partial charge is 0.393 e. The van der Waals surface area contributed by atoms with E-state index in [-0.39, 0.29) is 5.91 Å². The van der Waals surface area contributed by atoms with Gasteiger partial charge in [0.25, 0.3) is 5.91 Å². The van der Waals surface area contributed by atoms with Gasteiger partial charge in [-0.2, -0.15) is 0 Å². The summed E-state index contributed by atoms with van der Waals surface area (Å²) >= 11 is 0. The van der Waals surface area contributed by atoms with Crippen LogP contribution >= 0.6 is 0 Å². The smallest absolute Gasteiger partial charge is 0.257 e. The van der Waals surface area contributed by atoms with Crippen molar-refractivity contribution in [2.75, 3.05) is 14.1 Å². The first-order valence-corrected chi connectivity index (χ1v) is 5.73. The highest BCUT2D eigenvalue weighted by Crippen LogP contribution is 2.11. The monoisotopic (exact) mass is 222 g/mol. The number of carbonyl (C=O) groups excluding carboxylic acids is 1. The standard InChI is InChI=1S/C11H16N2O.C2H6/c1-12-8-9-13(2)11(14)10-6-4-3-5-7-10;1-2/h4,6-9,12H,3,5H2,1-2H3;1-2H3/b9-8-;. The Hall–Kier alpha value is -1.51. The Labute approximate surface area is 98.5 Å². The molecule has 1 aliphatic carbocycles. The van der Waals surface area contributed by atoms with Gasteiger partial charge in [0.05, 0.1) is 0 Å². The Morgan fingerprint density at radius 1 is 1.44 bits per heavy atom. The fraction of sp³-hybridized carbons (Fsp3) is 0.462. The number of allylic oxidation sites excluding steroid dienone is 2. The van der Waals surface area contributed by atoms with Crippen LogP contribution in [0.15, 0.2) is 36.2 Å². The molecule has 3 nitrogen and oxygen atoms in total. The van der Waals surface area contributed by atoms with Gasteiger partial charge < -0.3 is 10.2 Å². The van der Waals surface area contributed by atoms with E-state index >= 15 is 0 Å². The molecule has 0 spiro atoms. The van der Waals surface area contributed by atoms with Gasteiger partial charge in [-0.3, -0.25) is 4.79 Å². The van der Waals surface area contributed by atoms with Crippen LogP contribution in [0.2, 0.25) is 0 Å². The van der Waals surface area contributed by atoms with Gasteiger partial charge in [0.1, 0.15) is 0 Å². The van der Waals surface area contributed by atoms with Gasteiger partial charge in [-0.05, 0) is 12.8 Å². The van der Waals surface area contributed by atoms with Crippen LogP contribution in [0.5, 0.6) is 0 Å². The zero-order valence-corrected chi connectivity index (χ0v) is 10.7. The van der Waals surface area contributed by atoms with Gasteiger partial charge in [-0.15, -0.1) is 0 Å². The van der Waals surface area contributed by atoms with Crippen molar-refractivity contribution in [3.05, 3.63) is 36.2 Å². The van der Waals surface area contributed by atoms with Crippen LogP contribution in [0.25, 0.3) is 0 Å². The molecule has 16 heavy (non-hydrogen) atoms. The van der Waals surface area contributed by atoms with E-state index in [1.165, 1.54) is 0 Å². The predicted molar refractivity (Wildman–Crippen MR) is 68.8 cm³/mol. The fourth-order valence-electron chi connectivity index (χ4n) is 1.23. The van der Waals surface area contributed by atoms with E-state index in [2.05, 4.69) is 5.32 Å². The molecule has 0 saturated carbocycles. The lowest BCUT2D eigenvalue weighted by molar-refractivity contribution is -0.123. The number of rotatable bonds is 3. The number of amides is 1. The highest BCUT2D eigenvalue weighted by atomic mass is 16.2. The van der Waals surface area contributed by atoms with E-state index in [0.29, 0.717) is 0 Å². The average molecular weight is 222 g/mol. The summed E-state index contributed by atoms with van der Waals surface area (Å²) in [6.07, 6.45) is 11.3. The summed E-state index contributed by atoms with van der Waals surface area (Å²) in [5, 5.41) is 2.84. The first kappa shape index (κ1) is 14.5. The molecule has 0 aliphatic heterocycles. The van der Waals surface area contributed by atoms with Crippen molar-refractivity contribution in [1.29, 1.82) is 0 Å². The van der Waals surface area contributed by atoms with Gasteiger partial charge in [-0.25, -0.2) is 0 Å². The van der Waals surface area contributed by atoms with E-state index in [1.54, 1.807) is 31.4 Å². The van der Waals surface area contributed by atoms with Crippen LogP contribution in [0.1, 0.15) is 26.7 Å². The summed E-state index contributed by atoms with van der Waals surface area (Å²) in [7, 11) is 3.55. The van der Waals surface area contributed by atoms with Gasteiger partial charge in [0, 0.05) is 32.1 Å². The van der Waals surface area contributed by atoms with E-state index in [0.717, 1.165) is 18.4 Å². The first-order chi connectivity index (χ1) is 7.75. The van der Waals surface area contributed by atoms with Gasteiger partial charge >= 0.3 is 0 Å². The van der Waals surface area contributed by atoms with E-state index in [1.807, 2.05) is 32.1 Å². The minimum atomic E-state index is 0.0347. The average Bonchev–Trinajstić information content (AvgIpc) is 2.38. The molecule has 1 amide bonds. The SMILES string of the molecule is CC.CN/C=C\N(C)C(=O)C1=CCCC=C1. The van der Waals surface area contributed by atoms with Crippen molar-refractivity contribution in [2.24, 2.45) is 0 Å². The second-order valence-electron chi connectivity index (χ2n) is 3.16. The predicted octanol–water partition coefficient (Wildman–Crippen LogP) is 2.44. The molecule has 0 aromatic rings. The third kappa shape index (κ3) is 4.82. The number of nitrogens with zero attached hydrogens (tertiary/aromatic N) is 1. The van der Waals surface area contributed by atoms with Crippen molar-refractivity contribution in [1.82, 2.24) is 10.2 Å². The molecule has 0 atom stereocenters. The fourth-order valence-corrected chi connectivity index (χ4v) is 1.23. The maximum Gasteiger partial charge on any atom is 0.257 e. The number of hydrogen-bond acceptors (Lipinski definition) is 2. The Balaban J connectivity index is 0.00000106. The highest BCUT2D eigenvalue weighted by Gasteiger charge is 2.10. The van der Waals surface area contributed by atoms with Crippen LogP contribution in [-0.4, -0.2) is 24.9 Å². The van der Waals surface area contributed by atoms with E-state index in [9.17, 15) is 4.79 Å². The minimum absolute atomic E-state index is 0.0347. The molecular formula is C13H22N2O. The maximum atomic E-state index is 11.7. The van der Waals surface area contributed by atoms with E-state index in [4.69, 9.17) is 0 Å². The molecule has 0 aromatic heterocycles. The number of likely N-dealkylation sites (N-methyl/N-ethyl adjacent to an activating group) is 1. The Bertz CT molecular complexity index is 290. The third-order valence-corrected chi connectivity index (χ3v) is 2.03. The molecule has 1 aliphatic rings. The van der Waals surface area contributed by atoms with Gasteiger partial charge in [-0.1, -0.05) is 32.1 Å². The van der Waals surface area contributed by atoms with Crippen molar-refractivity contribution in [2.45, 2.75) is 26.7 Å². The molecule has 0 radical (unpaired) electrons. The van der Waals surface area contributed by atoms with E-state index < -0.39 is 0 Å². The number of carbonyl (C=O) groups is 1. The molecule has 0 fully saturated rings. The topological polar surface area (TPSA) is 32.3 Å². The first-order valence-electron chi connectivity index (χ1n) is 5.73. The maximum absolute atomic E-state index is 11.7. The third-order valence-electron chi connectivity index (χ3n) is 2.03. The normalized spacial score (nSPS) is 13.9. The molecule has 0 aromatic carbocycles. The van der Waals surface area contributed by atoms with Crippen molar-refractivity contribution < 1.29 is 4.79 Å². The van der Waals surface area contributed by atoms with Crippen LogP contribution in [0, 0.1) is 0 Å². The highest BCUT2D eigenvalue weighted by molar-refractivity contribution is 5.96. The lowest BCUT2D eigenvalue weighted by Crippen LogP contribution is -2.23. The molecule has 0 bridgehead atoms. The quantitative estimate of drug-likeness (QED) is 0.795. The summed E-state index contributed by atoms with van der Waals surface area (Å²) in [6.45, 7) is 4.00. The summed E-state index contributed by atoms with van der Waals surface area (Å²) in [5.41, 5.74) is 0.777. The van der Waals surface area contributed by atoms with Crippen LogP contribution in [0.3, 0.4) is 0 Å². The zero-order chi connectivity index (χ0) is 12.4. The van der Waals surface area contributed by atoms with Crippen LogP contribution in [-0.2, 0) is 4.79 Å². The van der Waals surface area contributed by atoms with Crippen LogP contribution in [0.4, 0.5) is 0 Å². The Morgan fingerprint density at radius 3 is 2.62 bits per heavy atom. The molecule has 90 valence electrons. The Morgan fingerprint density at radius 2 is 2.12 bits per heavy atom. The molecule has 0 unspecified atom stereocenters. The molecule has 3 heteroatoms. The second-order valence-corrected chi connectivity index (χ2v) is 3.16. The zero-order valence-electron chi connectivity index (χ0n) is 10.7. The molecular weight excluding hydrogens is 200 g/mol. The number of nitrogens with one attached hydrogen (secondary N) is 1. The van der Waals surface area contributed by atoms with Crippen molar-refractivity contribution in [3.63, 3.8) is 0 Å². The summed E-state index contributed by atoms with van der Waals surface area (Å²) in [6, 6.07) is 0. The van der Waals surface area contributed by atoms with Crippen molar-refractivity contribution >= 4 is 5.91 Å². The summed E-state index contributed by atoms with van der Waals surface area (Å²) < 4.78 is 0. The number of hydrogen-bond donors (Lipinski definition) is 1. The lowest BCUT2D eigenvalue weighted by Gasteiger charge is -2.14. The Kier molecular flexibility index (Phi) is 7.94. The summed E-state index contributed by atoms with van der Waals surface area (Å²) in [4.78, 5) is 13.3. The molecule has 1 rings (SSSR count). The minimum Gasteiger partial charge on any atom is -0.393 e. The van der Waals surface area contributed by atoms with Gasteiger partial charge in [0.15, 0.2) is 0 Å². The molecule has 1 N–H and O–H groups in total. The summed E-state index contributed by atoms with van der Waals surface area (Å²) in [5.74, 6) is 0.0347. The van der Waals surface area contributed by atoms with Crippen LogP contribution < -0.4 is 5.32 Å².